The second-order valence-corrected chi connectivity index (χ2v) is 7.41. The Kier molecular flexibility index (Phi) is 4.74. The normalized spacial score (nSPS) is 22.9. The molecular weight excluding hydrogens is 284 g/mol. The molecule has 0 radical (unpaired) electrons. The van der Waals surface area contributed by atoms with Crippen LogP contribution in [0.2, 0.25) is 0 Å². The van der Waals surface area contributed by atoms with Gasteiger partial charge in [0.1, 0.15) is 0 Å². The molecule has 2 aromatic rings. The fourth-order valence-electron chi connectivity index (χ4n) is 3.95. The molecule has 124 valence electrons. The summed E-state index contributed by atoms with van der Waals surface area (Å²) in [7, 11) is 1.99. The van der Waals surface area contributed by atoms with E-state index in [1.807, 2.05) is 36.0 Å². The number of rotatable bonds is 4. The van der Waals surface area contributed by atoms with Crippen molar-refractivity contribution in [3.05, 3.63) is 36.0 Å². The molecule has 0 aliphatic heterocycles. The molecule has 1 N–H and O–H groups in total. The smallest absolute Gasteiger partial charge is 0.253 e. The summed E-state index contributed by atoms with van der Waals surface area (Å²) in [6, 6.07) is 8.32. The van der Waals surface area contributed by atoms with Gasteiger partial charge in [0.15, 0.2) is 0 Å². The van der Waals surface area contributed by atoms with Gasteiger partial charge in [-0.25, -0.2) is 0 Å². The first-order chi connectivity index (χ1) is 11.0. The van der Waals surface area contributed by atoms with Crippen LogP contribution in [-0.4, -0.2) is 16.5 Å². The third-order valence-electron chi connectivity index (χ3n) is 5.34. The third kappa shape index (κ3) is 3.60. The molecule has 0 saturated heterocycles. The van der Waals surface area contributed by atoms with Crippen LogP contribution in [0, 0.1) is 11.8 Å². The van der Waals surface area contributed by atoms with Crippen LogP contribution in [0.4, 0.5) is 0 Å². The van der Waals surface area contributed by atoms with E-state index in [1.54, 1.807) is 0 Å². The van der Waals surface area contributed by atoms with E-state index in [4.69, 9.17) is 0 Å². The largest absolute Gasteiger partial charge is 0.350 e. The highest BCUT2D eigenvalue weighted by Gasteiger charge is 2.22. The first kappa shape index (κ1) is 16.1. The molecule has 1 amide bonds. The zero-order valence-electron chi connectivity index (χ0n) is 14.5. The van der Waals surface area contributed by atoms with Gasteiger partial charge in [0.25, 0.3) is 5.91 Å². The topological polar surface area (TPSA) is 34.0 Å². The van der Waals surface area contributed by atoms with Crippen molar-refractivity contribution >= 4 is 16.8 Å². The number of hydrogen-bond acceptors (Lipinski definition) is 1. The molecule has 3 nitrogen and oxygen atoms in total. The summed E-state index contributed by atoms with van der Waals surface area (Å²) in [5.74, 6) is 1.71. The molecule has 1 aliphatic rings. The van der Waals surface area contributed by atoms with Gasteiger partial charge in [-0.1, -0.05) is 50.8 Å². The second-order valence-electron chi connectivity index (χ2n) is 7.41. The van der Waals surface area contributed by atoms with E-state index in [0.717, 1.165) is 34.7 Å². The molecule has 1 aromatic heterocycles. The van der Waals surface area contributed by atoms with Gasteiger partial charge in [0.05, 0.1) is 5.56 Å². The first-order valence-corrected chi connectivity index (χ1v) is 8.89. The molecule has 1 unspecified atom stereocenters. The van der Waals surface area contributed by atoms with E-state index in [2.05, 4.69) is 25.2 Å². The Hall–Kier alpha value is -1.77. The van der Waals surface area contributed by atoms with Crippen LogP contribution in [0.3, 0.4) is 0 Å². The SMILES string of the molecule is CC1CCC(CC(C)NC(=O)c2cn(C)c3ccccc23)CC1. The van der Waals surface area contributed by atoms with Crippen molar-refractivity contribution in [2.24, 2.45) is 18.9 Å². The van der Waals surface area contributed by atoms with Crippen LogP contribution in [0.1, 0.15) is 56.3 Å². The lowest BCUT2D eigenvalue weighted by Gasteiger charge is -2.28. The van der Waals surface area contributed by atoms with Crippen LogP contribution in [0.15, 0.2) is 30.5 Å². The summed E-state index contributed by atoms with van der Waals surface area (Å²) in [6.45, 7) is 4.49. The van der Waals surface area contributed by atoms with E-state index in [-0.39, 0.29) is 11.9 Å². The van der Waals surface area contributed by atoms with Gasteiger partial charge in [-0.3, -0.25) is 4.79 Å². The fraction of sp³-hybridized carbons (Fsp3) is 0.550. The van der Waals surface area contributed by atoms with E-state index >= 15 is 0 Å². The van der Waals surface area contributed by atoms with Crippen molar-refractivity contribution < 1.29 is 4.79 Å². The average molecular weight is 312 g/mol. The Bertz CT molecular complexity index is 680. The Balaban J connectivity index is 1.64. The van der Waals surface area contributed by atoms with Gasteiger partial charge < -0.3 is 9.88 Å². The van der Waals surface area contributed by atoms with Crippen LogP contribution < -0.4 is 5.32 Å². The van der Waals surface area contributed by atoms with Crippen LogP contribution >= 0.6 is 0 Å². The van der Waals surface area contributed by atoms with Crippen LogP contribution in [-0.2, 0) is 7.05 Å². The Labute approximate surface area is 139 Å². The Morgan fingerprint density at radius 1 is 1.26 bits per heavy atom. The molecular formula is C20H28N2O. The molecule has 1 atom stereocenters. The van der Waals surface area contributed by atoms with Crippen molar-refractivity contribution in [2.45, 2.75) is 52.0 Å². The highest BCUT2D eigenvalue weighted by molar-refractivity contribution is 6.07. The summed E-state index contributed by atoms with van der Waals surface area (Å²) in [6.07, 6.45) is 8.35. The lowest BCUT2D eigenvalue weighted by atomic mass is 9.80. The molecule has 0 spiro atoms. The minimum absolute atomic E-state index is 0.0541. The lowest BCUT2D eigenvalue weighted by molar-refractivity contribution is 0.0933. The number of amides is 1. The first-order valence-electron chi connectivity index (χ1n) is 8.89. The van der Waals surface area contributed by atoms with Crippen molar-refractivity contribution in [1.29, 1.82) is 0 Å². The van der Waals surface area contributed by atoms with Gasteiger partial charge in [0.2, 0.25) is 0 Å². The summed E-state index contributed by atoms with van der Waals surface area (Å²) >= 11 is 0. The van der Waals surface area contributed by atoms with Gasteiger partial charge in [-0.15, -0.1) is 0 Å². The number of hydrogen-bond donors (Lipinski definition) is 1. The molecule has 1 aromatic carbocycles. The quantitative estimate of drug-likeness (QED) is 0.885. The number of nitrogens with one attached hydrogen (secondary N) is 1. The molecule has 0 bridgehead atoms. The number of para-hydroxylation sites is 1. The predicted octanol–water partition coefficient (Wildman–Crippen LogP) is 4.51. The van der Waals surface area contributed by atoms with E-state index in [1.165, 1.54) is 25.7 Å². The Morgan fingerprint density at radius 3 is 2.70 bits per heavy atom. The number of nitrogens with zero attached hydrogens (tertiary/aromatic N) is 1. The number of carbonyl (C=O) groups excluding carboxylic acids is 1. The standard InChI is InChI=1S/C20H28N2O/c1-14-8-10-16(11-9-14)12-15(2)21-20(23)18-13-22(3)19-7-5-4-6-17(18)19/h4-7,13-16H,8-12H2,1-3H3,(H,21,23). The highest BCUT2D eigenvalue weighted by Crippen LogP contribution is 2.31. The van der Waals surface area contributed by atoms with Crippen LogP contribution in [0.25, 0.3) is 10.9 Å². The van der Waals surface area contributed by atoms with Crippen molar-refractivity contribution in [3.8, 4) is 0 Å². The van der Waals surface area contributed by atoms with Crippen molar-refractivity contribution in [1.82, 2.24) is 9.88 Å². The molecule has 1 saturated carbocycles. The monoisotopic (exact) mass is 312 g/mol. The fourth-order valence-corrected chi connectivity index (χ4v) is 3.95. The summed E-state index contributed by atoms with van der Waals surface area (Å²) in [5.41, 5.74) is 1.89. The summed E-state index contributed by atoms with van der Waals surface area (Å²) in [5, 5.41) is 4.24. The zero-order chi connectivity index (χ0) is 16.4. The van der Waals surface area contributed by atoms with E-state index < -0.39 is 0 Å². The molecule has 1 fully saturated rings. The van der Waals surface area contributed by atoms with Gasteiger partial charge in [-0.05, 0) is 31.2 Å². The summed E-state index contributed by atoms with van der Waals surface area (Å²) < 4.78 is 2.03. The molecule has 1 aliphatic carbocycles. The Morgan fingerprint density at radius 2 is 1.96 bits per heavy atom. The maximum atomic E-state index is 12.7. The molecule has 3 rings (SSSR count). The number of aromatic nitrogens is 1. The zero-order valence-corrected chi connectivity index (χ0v) is 14.5. The second kappa shape index (κ2) is 6.77. The lowest BCUT2D eigenvalue weighted by Crippen LogP contribution is -2.34. The van der Waals surface area contributed by atoms with Crippen LogP contribution in [0.5, 0.6) is 0 Å². The van der Waals surface area contributed by atoms with Crippen molar-refractivity contribution in [3.63, 3.8) is 0 Å². The molecule has 1 heterocycles. The predicted molar refractivity (Wildman–Crippen MR) is 95.6 cm³/mol. The minimum Gasteiger partial charge on any atom is -0.350 e. The number of carbonyl (C=O) groups is 1. The van der Waals surface area contributed by atoms with Crippen molar-refractivity contribution in [2.75, 3.05) is 0 Å². The molecule has 23 heavy (non-hydrogen) atoms. The summed E-state index contributed by atoms with van der Waals surface area (Å²) in [4.78, 5) is 12.7. The maximum Gasteiger partial charge on any atom is 0.253 e. The minimum atomic E-state index is 0.0541. The van der Waals surface area contributed by atoms with Gasteiger partial charge in [-0.2, -0.15) is 0 Å². The third-order valence-corrected chi connectivity index (χ3v) is 5.34. The van der Waals surface area contributed by atoms with E-state index in [0.29, 0.717) is 0 Å². The van der Waals surface area contributed by atoms with E-state index in [9.17, 15) is 4.79 Å². The molecule has 3 heteroatoms. The maximum absolute atomic E-state index is 12.7. The number of fused-ring (bicyclic) bond motifs is 1. The van der Waals surface area contributed by atoms with Gasteiger partial charge >= 0.3 is 0 Å². The highest BCUT2D eigenvalue weighted by atomic mass is 16.1. The number of aryl methyl sites for hydroxylation is 1. The number of benzene rings is 1. The van der Waals surface area contributed by atoms with Gasteiger partial charge in [0, 0.05) is 30.2 Å². The average Bonchev–Trinajstić information content (AvgIpc) is 2.87.